The van der Waals surface area contributed by atoms with Gasteiger partial charge in [-0.2, -0.15) is 0 Å². The van der Waals surface area contributed by atoms with Gasteiger partial charge in [0.15, 0.2) is 6.61 Å². The van der Waals surface area contributed by atoms with Gasteiger partial charge in [0.1, 0.15) is 5.75 Å². The first-order chi connectivity index (χ1) is 7.24. The molecule has 1 aromatic rings. The van der Waals surface area contributed by atoms with Crippen LogP contribution in [0, 0.1) is 12.3 Å². The van der Waals surface area contributed by atoms with Gasteiger partial charge in [-0.3, -0.25) is 4.79 Å². The van der Waals surface area contributed by atoms with Gasteiger partial charge in [0.05, 0.1) is 11.6 Å². The molecule has 1 aromatic carbocycles. The number of para-hydroxylation sites is 1. The smallest absolute Gasteiger partial charge is 0.258 e. The normalized spacial score (nSPS) is 9.07. The van der Waals surface area contributed by atoms with E-state index in [1.165, 1.54) is 0 Å². The molecule has 0 atom stereocenters. The van der Waals surface area contributed by atoms with Crippen LogP contribution in [-0.2, 0) is 4.79 Å². The lowest BCUT2D eigenvalue weighted by Crippen LogP contribution is -2.29. The molecule has 0 aliphatic heterocycles. The summed E-state index contributed by atoms with van der Waals surface area (Å²) in [6, 6.07) is 6.95. The van der Waals surface area contributed by atoms with Crippen molar-refractivity contribution in [3.05, 3.63) is 29.3 Å². The quantitative estimate of drug-likeness (QED) is 0.785. The SMILES string of the molecule is C#CCNC(=O)COc1ccccc1Cl. The molecule has 1 rings (SSSR count). The molecule has 0 aliphatic rings. The van der Waals surface area contributed by atoms with E-state index in [1.807, 2.05) is 0 Å². The molecule has 0 aromatic heterocycles. The number of hydrogen-bond acceptors (Lipinski definition) is 2. The zero-order valence-corrected chi connectivity index (χ0v) is 8.75. The number of terminal acetylenes is 1. The summed E-state index contributed by atoms with van der Waals surface area (Å²) in [5.41, 5.74) is 0. The van der Waals surface area contributed by atoms with Crippen LogP contribution in [-0.4, -0.2) is 19.1 Å². The monoisotopic (exact) mass is 223 g/mol. The molecule has 0 saturated carbocycles. The maximum Gasteiger partial charge on any atom is 0.258 e. The Bertz CT molecular complexity index is 384. The largest absolute Gasteiger partial charge is 0.482 e. The second-order valence-corrected chi connectivity index (χ2v) is 3.11. The van der Waals surface area contributed by atoms with Crippen LogP contribution in [0.5, 0.6) is 5.75 Å². The minimum Gasteiger partial charge on any atom is -0.482 e. The van der Waals surface area contributed by atoms with Crippen molar-refractivity contribution in [3.8, 4) is 18.1 Å². The van der Waals surface area contributed by atoms with Gasteiger partial charge < -0.3 is 10.1 Å². The summed E-state index contributed by atoms with van der Waals surface area (Å²) < 4.78 is 5.18. The molecule has 1 amide bonds. The summed E-state index contributed by atoms with van der Waals surface area (Å²) in [7, 11) is 0. The fourth-order valence-electron chi connectivity index (χ4n) is 0.906. The molecule has 0 saturated heterocycles. The zero-order chi connectivity index (χ0) is 11.1. The number of carbonyl (C=O) groups is 1. The van der Waals surface area contributed by atoms with Crippen molar-refractivity contribution < 1.29 is 9.53 Å². The molecule has 3 nitrogen and oxygen atoms in total. The highest BCUT2D eigenvalue weighted by Gasteiger charge is 2.03. The van der Waals surface area contributed by atoms with Crippen LogP contribution in [0.25, 0.3) is 0 Å². The maximum atomic E-state index is 11.1. The van der Waals surface area contributed by atoms with Crippen LogP contribution in [0.15, 0.2) is 24.3 Å². The molecule has 4 heteroatoms. The van der Waals surface area contributed by atoms with E-state index in [0.717, 1.165) is 0 Å². The van der Waals surface area contributed by atoms with Gasteiger partial charge in [0.2, 0.25) is 0 Å². The van der Waals surface area contributed by atoms with Gasteiger partial charge in [0, 0.05) is 0 Å². The minimum absolute atomic E-state index is 0.0919. The van der Waals surface area contributed by atoms with Crippen molar-refractivity contribution in [1.82, 2.24) is 5.32 Å². The van der Waals surface area contributed by atoms with E-state index in [9.17, 15) is 4.79 Å². The fraction of sp³-hybridized carbons (Fsp3) is 0.182. The highest BCUT2D eigenvalue weighted by atomic mass is 35.5. The molecule has 0 unspecified atom stereocenters. The van der Waals surface area contributed by atoms with Gasteiger partial charge in [-0.15, -0.1) is 6.42 Å². The van der Waals surface area contributed by atoms with Crippen molar-refractivity contribution in [3.63, 3.8) is 0 Å². The highest BCUT2D eigenvalue weighted by Crippen LogP contribution is 2.22. The van der Waals surface area contributed by atoms with Gasteiger partial charge in [-0.25, -0.2) is 0 Å². The Morgan fingerprint density at radius 2 is 2.27 bits per heavy atom. The van der Waals surface area contributed by atoms with E-state index < -0.39 is 0 Å². The van der Waals surface area contributed by atoms with E-state index in [0.29, 0.717) is 10.8 Å². The summed E-state index contributed by atoms with van der Waals surface area (Å²) in [6.07, 6.45) is 4.98. The Kier molecular flexibility index (Phi) is 4.52. The first-order valence-corrected chi connectivity index (χ1v) is 4.69. The average Bonchev–Trinajstić information content (AvgIpc) is 2.25. The first kappa shape index (κ1) is 11.4. The first-order valence-electron chi connectivity index (χ1n) is 4.31. The number of halogens is 1. The molecule has 0 fully saturated rings. The van der Waals surface area contributed by atoms with E-state index in [2.05, 4.69) is 11.2 Å². The van der Waals surface area contributed by atoms with Crippen LogP contribution < -0.4 is 10.1 Å². The van der Waals surface area contributed by atoms with Crippen molar-refractivity contribution in [1.29, 1.82) is 0 Å². The molecule has 1 N–H and O–H groups in total. The molecule has 78 valence electrons. The lowest BCUT2D eigenvalue weighted by Gasteiger charge is -2.06. The number of benzene rings is 1. The molecular formula is C11H10ClNO2. The standard InChI is InChI=1S/C11H10ClNO2/c1-2-7-13-11(14)8-15-10-6-4-3-5-9(10)12/h1,3-6H,7-8H2,(H,13,14). The fourth-order valence-corrected chi connectivity index (χ4v) is 1.10. The lowest BCUT2D eigenvalue weighted by atomic mass is 10.3. The van der Waals surface area contributed by atoms with Crippen molar-refractivity contribution >= 4 is 17.5 Å². The van der Waals surface area contributed by atoms with E-state index in [1.54, 1.807) is 24.3 Å². The predicted octanol–water partition coefficient (Wildman–Crippen LogP) is 1.47. The number of carbonyl (C=O) groups excluding carboxylic acids is 1. The van der Waals surface area contributed by atoms with Crippen molar-refractivity contribution in [2.75, 3.05) is 13.2 Å². The summed E-state index contributed by atoms with van der Waals surface area (Å²) in [4.78, 5) is 11.1. The van der Waals surface area contributed by atoms with Crippen LogP contribution in [0.1, 0.15) is 0 Å². The van der Waals surface area contributed by atoms with Crippen LogP contribution >= 0.6 is 11.6 Å². The molecule has 0 bridgehead atoms. The number of nitrogens with one attached hydrogen (secondary N) is 1. The van der Waals surface area contributed by atoms with Crippen LogP contribution in [0.4, 0.5) is 0 Å². The van der Waals surface area contributed by atoms with Crippen molar-refractivity contribution in [2.24, 2.45) is 0 Å². The average molecular weight is 224 g/mol. The molecule has 0 heterocycles. The number of amides is 1. The van der Waals surface area contributed by atoms with Crippen molar-refractivity contribution in [2.45, 2.75) is 0 Å². The van der Waals surface area contributed by atoms with E-state index in [4.69, 9.17) is 22.8 Å². The topological polar surface area (TPSA) is 38.3 Å². The van der Waals surface area contributed by atoms with Crippen LogP contribution in [0.3, 0.4) is 0 Å². The van der Waals surface area contributed by atoms with Gasteiger partial charge in [0.25, 0.3) is 5.91 Å². The Morgan fingerprint density at radius 1 is 1.53 bits per heavy atom. The van der Waals surface area contributed by atoms with E-state index >= 15 is 0 Å². The highest BCUT2D eigenvalue weighted by molar-refractivity contribution is 6.32. The Labute approximate surface area is 93.4 Å². The van der Waals surface area contributed by atoms with Crippen LogP contribution in [0.2, 0.25) is 5.02 Å². The molecule has 0 spiro atoms. The third kappa shape index (κ3) is 3.92. The molecule has 15 heavy (non-hydrogen) atoms. The maximum absolute atomic E-state index is 11.1. The Balaban J connectivity index is 2.41. The van der Waals surface area contributed by atoms with Gasteiger partial charge in [-0.1, -0.05) is 29.7 Å². The Hall–Kier alpha value is -1.66. The zero-order valence-electron chi connectivity index (χ0n) is 8.00. The number of rotatable bonds is 4. The summed E-state index contributed by atoms with van der Waals surface area (Å²) in [5.74, 6) is 2.51. The van der Waals surface area contributed by atoms with E-state index in [-0.39, 0.29) is 19.1 Å². The summed E-state index contributed by atoms with van der Waals surface area (Å²) in [5, 5.41) is 2.95. The Morgan fingerprint density at radius 3 is 2.93 bits per heavy atom. The van der Waals surface area contributed by atoms with Gasteiger partial charge in [-0.05, 0) is 12.1 Å². The molecule has 0 aliphatic carbocycles. The predicted molar refractivity (Wildman–Crippen MR) is 58.8 cm³/mol. The second kappa shape index (κ2) is 5.94. The second-order valence-electron chi connectivity index (χ2n) is 2.70. The summed E-state index contributed by atoms with van der Waals surface area (Å²) in [6.45, 7) is 0.107. The van der Waals surface area contributed by atoms with Gasteiger partial charge >= 0.3 is 0 Å². The molecule has 0 radical (unpaired) electrons. The third-order valence-corrected chi connectivity index (χ3v) is 1.90. The number of ether oxygens (including phenoxy) is 1. The lowest BCUT2D eigenvalue weighted by molar-refractivity contribution is -0.122. The summed E-state index contributed by atoms with van der Waals surface area (Å²) >= 11 is 5.82. The number of hydrogen-bond donors (Lipinski definition) is 1. The third-order valence-electron chi connectivity index (χ3n) is 1.58. The minimum atomic E-state index is -0.270. The molecular weight excluding hydrogens is 214 g/mol.